The van der Waals surface area contributed by atoms with E-state index in [0.29, 0.717) is 31.4 Å². The van der Waals surface area contributed by atoms with E-state index in [4.69, 9.17) is 22.0 Å². The van der Waals surface area contributed by atoms with Gasteiger partial charge in [-0.05, 0) is 25.3 Å². The van der Waals surface area contributed by atoms with Gasteiger partial charge < -0.3 is 20.9 Å². The molecule has 6 nitrogen and oxygen atoms in total. The number of nitrogens with one attached hydrogen (secondary N) is 1. The van der Waals surface area contributed by atoms with E-state index >= 15 is 0 Å². The number of carboxylic acid groups (broad SMARTS) is 1. The maximum atomic E-state index is 11.5. The maximum Gasteiger partial charge on any atom is 0.407 e. The zero-order chi connectivity index (χ0) is 16.4. The molecule has 0 saturated heterocycles. The van der Waals surface area contributed by atoms with Crippen LogP contribution in [0.4, 0.5) is 4.79 Å². The van der Waals surface area contributed by atoms with Gasteiger partial charge in [0.25, 0.3) is 0 Å². The molecule has 0 aliphatic rings. The number of nitrogens with two attached hydrogens (primary N) is 1. The van der Waals surface area contributed by atoms with Crippen LogP contribution in [0.3, 0.4) is 0 Å². The number of benzene rings is 1. The highest BCUT2D eigenvalue weighted by atomic mass is 16.5. The molecule has 1 aromatic rings. The zero-order valence-electron chi connectivity index (χ0n) is 12.2. The number of amides is 1. The number of carboxylic acids is 1. The molecule has 4 N–H and O–H groups in total. The number of aliphatic carboxylic acids is 1. The second-order valence-electron chi connectivity index (χ2n) is 4.74. The molecule has 1 rings (SSSR count). The number of carbonyl (C=O) groups is 2. The smallest absolute Gasteiger partial charge is 0.407 e. The molecule has 118 valence electrons. The molecule has 0 fully saturated rings. The molecule has 0 bridgehead atoms. The number of unbranched alkanes of at least 4 members (excludes halogenated alkanes) is 1. The highest BCUT2D eigenvalue weighted by molar-refractivity contribution is 5.72. The van der Waals surface area contributed by atoms with Gasteiger partial charge in [-0.1, -0.05) is 24.1 Å². The van der Waals surface area contributed by atoms with Crippen LogP contribution in [0.25, 0.3) is 0 Å². The quantitative estimate of drug-likeness (QED) is 0.499. The summed E-state index contributed by atoms with van der Waals surface area (Å²) in [6.07, 6.45) is 6.46. The largest absolute Gasteiger partial charge is 0.480 e. The van der Waals surface area contributed by atoms with Gasteiger partial charge in [-0.25, -0.2) is 4.79 Å². The van der Waals surface area contributed by atoms with Crippen LogP contribution < -0.4 is 11.1 Å². The van der Waals surface area contributed by atoms with Gasteiger partial charge >= 0.3 is 12.1 Å². The van der Waals surface area contributed by atoms with Crippen molar-refractivity contribution in [2.75, 3.05) is 6.54 Å². The van der Waals surface area contributed by atoms with Crippen molar-refractivity contribution in [2.24, 2.45) is 5.73 Å². The van der Waals surface area contributed by atoms with Gasteiger partial charge in [0.15, 0.2) is 0 Å². The van der Waals surface area contributed by atoms with Crippen molar-refractivity contribution >= 4 is 12.1 Å². The van der Waals surface area contributed by atoms with Gasteiger partial charge in [-0.15, -0.1) is 6.42 Å². The maximum absolute atomic E-state index is 11.5. The summed E-state index contributed by atoms with van der Waals surface area (Å²) >= 11 is 0. The van der Waals surface area contributed by atoms with E-state index in [1.54, 1.807) is 12.1 Å². The summed E-state index contributed by atoms with van der Waals surface area (Å²) in [5, 5.41) is 11.2. The molecule has 0 aliphatic heterocycles. The van der Waals surface area contributed by atoms with Gasteiger partial charge in [0.05, 0.1) is 0 Å². The third kappa shape index (κ3) is 6.29. The molecule has 0 radical (unpaired) electrons. The third-order valence-corrected chi connectivity index (χ3v) is 3.06. The summed E-state index contributed by atoms with van der Waals surface area (Å²) in [6, 6.07) is 6.37. The van der Waals surface area contributed by atoms with Crippen LogP contribution in [0.5, 0.6) is 0 Å². The monoisotopic (exact) mass is 304 g/mol. The Labute approximate surface area is 129 Å². The van der Waals surface area contributed by atoms with Crippen molar-refractivity contribution in [1.82, 2.24) is 5.32 Å². The van der Waals surface area contributed by atoms with E-state index in [2.05, 4.69) is 11.2 Å². The fourth-order valence-electron chi connectivity index (χ4n) is 1.78. The van der Waals surface area contributed by atoms with Crippen molar-refractivity contribution in [1.29, 1.82) is 0 Å². The zero-order valence-corrected chi connectivity index (χ0v) is 12.2. The molecule has 0 spiro atoms. The summed E-state index contributed by atoms with van der Waals surface area (Å²) in [7, 11) is 0. The lowest BCUT2D eigenvalue weighted by Crippen LogP contribution is -2.30. The molecule has 0 unspecified atom stereocenters. The van der Waals surface area contributed by atoms with Crippen molar-refractivity contribution < 1.29 is 19.4 Å². The minimum absolute atomic E-state index is 0.107. The van der Waals surface area contributed by atoms with Gasteiger partial charge in [0, 0.05) is 17.7 Å². The van der Waals surface area contributed by atoms with Gasteiger partial charge in [0.1, 0.15) is 12.6 Å². The number of hydrogen-bond donors (Lipinski definition) is 3. The molecule has 1 atom stereocenters. The summed E-state index contributed by atoms with van der Waals surface area (Å²) < 4.78 is 5.07. The van der Waals surface area contributed by atoms with Crippen LogP contribution in [-0.2, 0) is 16.1 Å². The summed E-state index contributed by atoms with van der Waals surface area (Å²) in [4.78, 5) is 22.0. The normalized spacial score (nSPS) is 11.3. The molecule has 0 saturated carbocycles. The number of terminal acetylenes is 1. The van der Waals surface area contributed by atoms with E-state index in [-0.39, 0.29) is 6.61 Å². The predicted molar refractivity (Wildman–Crippen MR) is 82.0 cm³/mol. The average molecular weight is 304 g/mol. The number of carbonyl (C=O) groups excluding carboxylic acids is 1. The third-order valence-electron chi connectivity index (χ3n) is 3.06. The van der Waals surface area contributed by atoms with Crippen LogP contribution in [0.1, 0.15) is 30.4 Å². The summed E-state index contributed by atoms with van der Waals surface area (Å²) in [5.74, 6) is 1.51. The fraction of sp³-hybridized carbons (Fsp3) is 0.375. The predicted octanol–water partition coefficient (Wildman–Crippen LogP) is 1.48. The Bertz CT molecular complexity index is 551. The average Bonchev–Trinajstić information content (AvgIpc) is 2.52. The minimum atomic E-state index is -1.01. The topological polar surface area (TPSA) is 102 Å². The van der Waals surface area contributed by atoms with Crippen LogP contribution in [0, 0.1) is 12.3 Å². The van der Waals surface area contributed by atoms with Gasteiger partial charge in [-0.2, -0.15) is 0 Å². The van der Waals surface area contributed by atoms with E-state index in [1.807, 2.05) is 12.1 Å². The lowest BCUT2D eigenvalue weighted by molar-refractivity contribution is -0.138. The first-order valence-electron chi connectivity index (χ1n) is 6.98. The first-order chi connectivity index (χ1) is 10.5. The van der Waals surface area contributed by atoms with Crippen LogP contribution in [-0.4, -0.2) is 29.8 Å². The Kier molecular flexibility index (Phi) is 7.51. The lowest BCUT2D eigenvalue weighted by Gasteiger charge is -2.09. The SMILES string of the molecule is C#Cc1ccccc1COC(=O)NCCCC[C@H](N)C(=O)O. The number of rotatable bonds is 8. The molecular weight excluding hydrogens is 284 g/mol. The molecule has 1 amide bonds. The van der Waals surface area contributed by atoms with E-state index in [1.165, 1.54) is 0 Å². The Balaban J connectivity index is 2.19. The molecule has 22 heavy (non-hydrogen) atoms. The van der Waals surface area contributed by atoms with E-state index in [0.717, 1.165) is 5.56 Å². The van der Waals surface area contributed by atoms with Crippen LogP contribution in [0.2, 0.25) is 0 Å². The van der Waals surface area contributed by atoms with Crippen molar-refractivity contribution in [3.8, 4) is 12.3 Å². The molecule has 0 heterocycles. The van der Waals surface area contributed by atoms with Crippen LogP contribution >= 0.6 is 0 Å². The highest BCUT2D eigenvalue weighted by Gasteiger charge is 2.10. The van der Waals surface area contributed by atoms with Crippen LogP contribution in [0.15, 0.2) is 24.3 Å². The number of ether oxygens (including phenoxy) is 1. The summed E-state index contributed by atoms with van der Waals surface area (Å²) in [5.41, 5.74) is 6.83. The molecule has 6 heteroatoms. The number of alkyl carbamates (subject to hydrolysis) is 1. The lowest BCUT2D eigenvalue weighted by atomic mass is 10.1. The fourth-order valence-corrected chi connectivity index (χ4v) is 1.78. The molecule has 0 aliphatic carbocycles. The highest BCUT2D eigenvalue weighted by Crippen LogP contribution is 2.08. The first kappa shape index (κ1) is 17.5. The van der Waals surface area contributed by atoms with Gasteiger partial charge in [0.2, 0.25) is 0 Å². The Morgan fingerprint density at radius 3 is 2.77 bits per heavy atom. The second-order valence-corrected chi connectivity index (χ2v) is 4.74. The van der Waals surface area contributed by atoms with Crippen molar-refractivity contribution in [3.05, 3.63) is 35.4 Å². The minimum Gasteiger partial charge on any atom is -0.480 e. The van der Waals surface area contributed by atoms with Crippen molar-refractivity contribution in [3.63, 3.8) is 0 Å². The van der Waals surface area contributed by atoms with E-state index < -0.39 is 18.1 Å². The molecule has 1 aromatic carbocycles. The number of hydrogen-bond acceptors (Lipinski definition) is 4. The Morgan fingerprint density at radius 1 is 1.36 bits per heavy atom. The molecular formula is C16H20N2O4. The molecule has 0 aromatic heterocycles. The summed E-state index contributed by atoms with van der Waals surface area (Å²) in [6.45, 7) is 0.512. The van der Waals surface area contributed by atoms with E-state index in [9.17, 15) is 9.59 Å². The Morgan fingerprint density at radius 2 is 2.09 bits per heavy atom. The second kappa shape index (κ2) is 9.42. The first-order valence-corrected chi connectivity index (χ1v) is 6.98. The van der Waals surface area contributed by atoms with Gasteiger partial charge in [-0.3, -0.25) is 4.79 Å². The standard InChI is InChI=1S/C16H20N2O4/c1-2-12-7-3-4-8-13(12)11-22-16(21)18-10-6-5-9-14(17)15(19)20/h1,3-4,7-8,14H,5-6,9-11,17H2,(H,18,21)(H,19,20)/t14-/m0/s1. The van der Waals surface area contributed by atoms with Crippen molar-refractivity contribution in [2.45, 2.75) is 31.9 Å². The Hall–Kier alpha value is -2.52.